The lowest BCUT2D eigenvalue weighted by molar-refractivity contribution is 0.108. The molecule has 1 fully saturated rings. The maximum Gasteiger partial charge on any atom is 0.134 e. The lowest BCUT2D eigenvalue weighted by atomic mass is 10.1. The number of fused-ring (bicyclic) bond motifs is 1. The van der Waals surface area contributed by atoms with Crippen molar-refractivity contribution in [2.75, 3.05) is 39.3 Å². The maximum atomic E-state index is 9.01. The maximum absolute atomic E-state index is 9.01. The monoisotopic (exact) mass is 288 g/mol. The van der Waals surface area contributed by atoms with E-state index in [1.165, 1.54) is 10.9 Å². The molecule has 0 bridgehead atoms. The minimum atomic E-state index is 0.256. The van der Waals surface area contributed by atoms with Crippen molar-refractivity contribution in [3.05, 3.63) is 35.6 Å². The number of rotatable bonds is 5. The van der Waals surface area contributed by atoms with E-state index in [9.17, 15) is 0 Å². The van der Waals surface area contributed by atoms with Gasteiger partial charge >= 0.3 is 0 Å². The van der Waals surface area contributed by atoms with Gasteiger partial charge in [-0.1, -0.05) is 25.1 Å². The normalized spacial score (nSPS) is 17.6. The summed E-state index contributed by atoms with van der Waals surface area (Å²) in [5.74, 6) is 1.12. The van der Waals surface area contributed by atoms with Crippen molar-refractivity contribution >= 4 is 11.0 Å². The third-order valence-corrected chi connectivity index (χ3v) is 4.37. The number of piperazine rings is 1. The molecule has 1 aromatic heterocycles. The van der Waals surface area contributed by atoms with Crippen LogP contribution in [0.1, 0.15) is 18.2 Å². The zero-order chi connectivity index (χ0) is 14.7. The zero-order valence-corrected chi connectivity index (χ0v) is 12.7. The Kier molecular flexibility index (Phi) is 4.58. The van der Waals surface area contributed by atoms with Gasteiger partial charge in [-0.05, 0) is 6.07 Å². The molecule has 0 amide bonds. The summed E-state index contributed by atoms with van der Waals surface area (Å²) in [5, 5.41) is 10.3. The van der Waals surface area contributed by atoms with Gasteiger partial charge in [-0.3, -0.25) is 9.80 Å². The van der Waals surface area contributed by atoms with E-state index in [1.54, 1.807) is 0 Å². The molecule has 3 rings (SSSR count). The molecule has 2 aromatic rings. The van der Waals surface area contributed by atoms with Gasteiger partial charge in [0, 0.05) is 56.6 Å². The molecule has 21 heavy (non-hydrogen) atoms. The molecule has 0 aliphatic carbocycles. The van der Waals surface area contributed by atoms with Gasteiger partial charge in [0.05, 0.1) is 6.61 Å². The third kappa shape index (κ3) is 3.12. The Morgan fingerprint density at radius 3 is 2.52 bits per heavy atom. The summed E-state index contributed by atoms with van der Waals surface area (Å²) < 4.78 is 5.98. The Hall–Kier alpha value is -1.36. The molecule has 1 aliphatic rings. The second kappa shape index (κ2) is 6.60. The van der Waals surface area contributed by atoms with Crippen LogP contribution in [0.4, 0.5) is 0 Å². The van der Waals surface area contributed by atoms with Crippen molar-refractivity contribution in [2.45, 2.75) is 19.9 Å². The number of aliphatic hydroxyl groups is 1. The average molecular weight is 288 g/mol. The standard InChI is InChI=1S/C17H24N2O2/c1-2-16-15(14-5-3-4-6-17(14)21-16)13-19-9-7-18(8-10-19)11-12-20/h3-6,20H,2,7-13H2,1H3. The summed E-state index contributed by atoms with van der Waals surface area (Å²) in [6.07, 6.45) is 0.939. The predicted octanol–water partition coefficient (Wildman–Crippen LogP) is 2.11. The van der Waals surface area contributed by atoms with E-state index in [0.29, 0.717) is 0 Å². The fraction of sp³-hybridized carbons (Fsp3) is 0.529. The first-order chi connectivity index (χ1) is 10.3. The molecule has 0 radical (unpaired) electrons. The number of benzene rings is 1. The van der Waals surface area contributed by atoms with Crippen LogP contribution in [-0.2, 0) is 13.0 Å². The Bertz CT molecular complexity index is 585. The SMILES string of the molecule is CCc1oc2ccccc2c1CN1CCN(CCO)CC1. The number of aliphatic hydroxyl groups excluding tert-OH is 1. The molecule has 4 nitrogen and oxygen atoms in total. The summed E-state index contributed by atoms with van der Waals surface area (Å²) in [7, 11) is 0. The van der Waals surface area contributed by atoms with Crippen LogP contribution in [0.2, 0.25) is 0 Å². The highest BCUT2D eigenvalue weighted by Gasteiger charge is 2.20. The van der Waals surface area contributed by atoms with E-state index in [0.717, 1.165) is 57.0 Å². The van der Waals surface area contributed by atoms with E-state index in [1.807, 2.05) is 6.07 Å². The second-order valence-electron chi connectivity index (χ2n) is 5.69. The van der Waals surface area contributed by atoms with Crippen LogP contribution >= 0.6 is 0 Å². The van der Waals surface area contributed by atoms with E-state index in [4.69, 9.17) is 9.52 Å². The van der Waals surface area contributed by atoms with Crippen LogP contribution in [0, 0.1) is 0 Å². The van der Waals surface area contributed by atoms with Crippen molar-refractivity contribution in [1.82, 2.24) is 9.80 Å². The molecule has 0 unspecified atom stereocenters. The smallest absolute Gasteiger partial charge is 0.134 e. The molecule has 0 saturated carbocycles. The summed E-state index contributed by atoms with van der Waals surface area (Å²) >= 11 is 0. The van der Waals surface area contributed by atoms with Gasteiger partial charge in [0.15, 0.2) is 0 Å². The van der Waals surface area contributed by atoms with E-state index >= 15 is 0 Å². The Morgan fingerprint density at radius 2 is 1.81 bits per heavy atom. The van der Waals surface area contributed by atoms with Crippen molar-refractivity contribution < 1.29 is 9.52 Å². The van der Waals surface area contributed by atoms with Gasteiger partial charge in [0.25, 0.3) is 0 Å². The highest BCUT2D eigenvalue weighted by molar-refractivity contribution is 5.82. The summed E-state index contributed by atoms with van der Waals surface area (Å²) in [6, 6.07) is 8.33. The van der Waals surface area contributed by atoms with Crippen molar-refractivity contribution in [1.29, 1.82) is 0 Å². The number of para-hydroxylation sites is 1. The quantitative estimate of drug-likeness (QED) is 0.914. The van der Waals surface area contributed by atoms with Gasteiger partial charge < -0.3 is 9.52 Å². The highest BCUT2D eigenvalue weighted by atomic mass is 16.3. The number of hydrogen-bond donors (Lipinski definition) is 1. The van der Waals surface area contributed by atoms with Crippen LogP contribution in [0.15, 0.2) is 28.7 Å². The van der Waals surface area contributed by atoms with Crippen LogP contribution in [0.25, 0.3) is 11.0 Å². The third-order valence-electron chi connectivity index (χ3n) is 4.37. The summed E-state index contributed by atoms with van der Waals surface area (Å²) in [5.41, 5.74) is 2.35. The first-order valence-electron chi connectivity index (χ1n) is 7.86. The van der Waals surface area contributed by atoms with E-state index in [2.05, 4.69) is 34.9 Å². The predicted molar refractivity (Wildman–Crippen MR) is 84.4 cm³/mol. The molecule has 1 aromatic carbocycles. The van der Waals surface area contributed by atoms with Gasteiger partial charge in [-0.2, -0.15) is 0 Å². The van der Waals surface area contributed by atoms with E-state index < -0.39 is 0 Å². The van der Waals surface area contributed by atoms with Gasteiger partial charge in [0.1, 0.15) is 11.3 Å². The van der Waals surface area contributed by atoms with Crippen LogP contribution in [0.3, 0.4) is 0 Å². The number of β-amino-alcohol motifs (C(OH)–C–C–N with tert-alkyl or cyclic N) is 1. The molecule has 0 atom stereocenters. The fourth-order valence-corrected chi connectivity index (χ4v) is 3.14. The number of furan rings is 1. The van der Waals surface area contributed by atoms with Crippen molar-refractivity contribution in [3.8, 4) is 0 Å². The Balaban J connectivity index is 1.73. The Labute approximate surface area is 125 Å². The molecule has 0 spiro atoms. The number of nitrogens with zero attached hydrogens (tertiary/aromatic N) is 2. The van der Waals surface area contributed by atoms with Crippen molar-refractivity contribution in [3.63, 3.8) is 0 Å². The first-order valence-corrected chi connectivity index (χ1v) is 7.86. The van der Waals surface area contributed by atoms with Crippen LogP contribution in [-0.4, -0.2) is 54.2 Å². The van der Waals surface area contributed by atoms with Crippen LogP contribution in [0.5, 0.6) is 0 Å². The molecule has 4 heteroatoms. The molecule has 2 heterocycles. The second-order valence-corrected chi connectivity index (χ2v) is 5.69. The van der Waals surface area contributed by atoms with Gasteiger partial charge in [-0.15, -0.1) is 0 Å². The Morgan fingerprint density at radius 1 is 1.10 bits per heavy atom. The summed E-state index contributed by atoms with van der Waals surface area (Å²) in [6.45, 7) is 8.36. The van der Waals surface area contributed by atoms with Gasteiger partial charge in [0.2, 0.25) is 0 Å². The lowest BCUT2D eigenvalue weighted by Gasteiger charge is -2.34. The van der Waals surface area contributed by atoms with Gasteiger partial charge in [-0.25, -0.2) is 0 Å². The van der Waals surface area contributed by atoms with Crippen LogP contribution < -0.4 is 0 Å². The zero-order valence-electron chi connectivity index (χ0n) is 12.7. The largest absolute Gasteiger partial charge is 0.461 e. The molecule has 114 valence electrons. The highest BCUT2D eigenvalue weighted by Crippen LogP contribution is 2.27. The summed E-state index contributed by atoms with van der Waals surface area (Å²) in [4.78, 5) is 4.81. The minimum Gasteiger partial charge on any atom is -0.461 e. The molecule has 1 saturated heterocycles. The fourth-order valence-electron chi connectivity index (χ4n) is 3.14. The number of hydrogen-bond acceptors (Lipinski definition) is 4. The molecule has 1 aliphatic heterocycles. The lowest BCUT2D eigenvalue weighted by Crippen LogP contribution is -2.46. The number of aryl methyl sites for hydroxylation is 1. The average Bonchev–Trinajstić information content (AvgIpc) is 2.87. The van der Waals surface area contributed by atoms with Crippen molar-refractivity contribution in [2.24, 2.45) is 0 Å². The molecular formula is C17H24N2O2. The minimum absolute atomic E-state index is 0.256. The topological polar surface area (TPSA) is 39.9 Å². The van der Waals surface area contributed by atoms with E-state index in [-0.39, 0.29) is 6.61 Å². The first kappa shape index (κ1) is 14.6. The molecular weight excluding hydrogens is 264 g/mol. The molecule has 1 N–H and O–H groups in total.